The molecule has 0 saturated carbocycles. The van der Waals surface area contributed by atoms with Gasteiger partial charge in [-0.15, -0.1) is 0 Å². The van der Waals surface area contributed by atoms with Crippen molar-refractivity contribution in [2.45, 2.75) is 19.6 Å². The third-order valence-corrected chi connectivity index (χ3v) is 3.73. The van der Waals surface area contributed by atoms with Gasteiger partial charge in [-0.3, -0.25) is 4.98 Å². The molecule has 4 heteroatoms. The second-order valence-corrected chi connectivity index (χ2v) is 5.45. The summed E-state index contributed by atoms with van der Waals surface area (Å²) >= 11 is 3.50. The third kappa shape index (κ3) is 3.55. The summed E-state index contributed by atoms with van der Waals surface area (Å²) in [6.45, 7) is 2.59. The number of aromatic nitrogens is 1. The van der Waals surface area contributed by atoms with E-state index in [1.807, 2.05) is 37.4 Å². The fourth-order valence-electron chi connectivity index (χ4n) is 1.95. The van der Waals surface area contributed by atoms with Crippen LogP contribution in [0.4, 0.5) is 5.69 Å². The van der Waals surface area contributed by atoms with Gasteiger partial charge >= 0.3 is 0 Å². The van der Waals surface area contributed by atoms with E-state index in [-0.39, 0.29) is 0 Å². The number of pyridine rings is 1. The van der Waals surface area contributed by atoms with Gasteiger partial charge in [-0.05, 0) is 42.3 Å². The molecule has 1 aromatic carbocycles. The van der Waals surface area contributed by atoms with Crippen molar-refractivity contribution in [1.29, 1.82) is 0 Å². The molecule has 1 heterocycles. The quantitative estimate of drug-likeness (QED) is 0.936. The normalized spacial score (nSPS) is 12.2. The monoisotopic (exact) mass is 320 g/mol. The number of halogens is 1. The van der Waals surface area contributed by atoms with Gasteiger partial charge in [0.1, 0.15) is 0 Å². The lowest BCUT2D eigenvalue weighted by molar-refractivity contribution is 0.198. The van der Waals surface area contributed by atoms with Crippen LogP contribution in [0.25, 0.3) is 0 Å². The molecule has 0 aliphatic carbocycles. The highest BCUT2D eigenvalue weighted by Gasteiger charge is 2.09. The van der Waals surface area contributed by atoms with E-state index in [0.717, 1.165) is 22.3 Å². The number of hydrogen-bond donors (Lipinski definition) is 1. The van der Waals surface area contributed by atoms with Crippen molar-refractivity contribution in [3.05, 3.63) is 58.3 Å². The maximum atomic E-state index is 9.62. The Balaban J connectivity index is 2.16. The van der Waals surface area contributed by atoms with Gasteiger partial charge in [0.05, 0.1) is 6.10 Å². The van der Waals surface area contributed by atoms with Crippen molar-refractivity contribution in [1.82, 2.24) is 4.98 Å². The van der Waals surface area contributed by atoms with Crippen LogP contribution in [0.15, 0.2) is 47.2 Å². The fourth-order valence-corrected chi connectivity index (χ4v) is 2.64. The highest BCUT2D eigenvalue weighted by atomic mass is 79.9. The summed E-state index contributed by atoms with van der Waals surface area (Å²) in [4.78, 5) is 6.18. The number of nitrogens with zero attached hydrogens (tertiary/aromatic N) is 2. The van der Waals surface area contributed by atoms with Gasteiger partial charge in [-0.2, -0.15) is 0 Å². The fraction of sp³-hybridized carbons (Fsp3) is 0.267. The highest BCUT2D eigenvalue weighted by Crippen LogP contribution is 2.28. The first kappa shape index (κ1) is 14.0. The predicted molar refractivity (Wildman–Crippen MR) is 81.1 cm³/mol. The molecule has 1 atom stereocenters. The van der Waals surface area contributed by atoms with E-state index in [2.05, 4.69) is 25.8 Å². The van der Waals surface area contributed by atoms with E-state index in [9.17, 15) is 5.11 Å². The number of aliphatic hydroxyl groups is 1. The first-order chi connectivity index (χ1) is 9.08. The summed E-state index contributed by atoms with van der Waals surface area (Å²) in [6.07, 6.45) is 3.14. The Kier molecular flexibility index (Phi) is 4.56. The molecule has 0 amide bonds. The number of aliphatic hydroxyl groups excluding tert-OH is 1. The minimum absolute atomic E-state index is 0.464. The molecule has 2 aromatic rings. The Bertz CT molecular complexity index is 543. The van der Waals surface area contributed by atoms with Crippen molar-refractivity contribution in [2.24, 2.45) is 0 Å². The van der Waals surface area contributed by atoms with Crippen LogP contribution in [-0.4, -0.2) is 17.1 Å². The van der Waals surface area contributed by atoms with Gasteiger partial charge in [0, 0.05) is 36.1 Å². The SMILES string of the molecule is C[C@H](O)c1ccc(N(C)Cc2ccncc2)cc1Br. The predicted octanol–water partition coefficient (Wildman–Crippen LogP) is 3.53. The van der Waals surface area contributed by atoms with E-state index in [1.54, 1.807) is 19.3 Å². The standard InChI is InChI=1S/C15H17BrN2O/c1-11(19)14-4-3-13(9-15(14)16)18(2)10-12-5-7-17-8-6-12/h3-9,11,19H,10H2,1-2H3/t11-/m0/s1. The molecule has 0 bridgehead atoms. The summed E-state index contributed by atoms with van der Waals surface area (Å²) in [6, 6.07) is 10.0. The minimum Gasteiger partial charge on any atom is -0.389 e. The molecule has 100 valence electrons. The first-order valence-electron chi connectivity index (χ1n) is 6.15. The second-order valence-electron chi connectivity index (χ2n) is 4.59. The maximum absolute atomic E-state index is 9.62. The molecule has 0 unspecified atom stereocenters. The molecule has 0 radical (unpaired) electrons. The molecule has 19 heavy (non-hydrogen) atoms. The maximum Gasteiger partial charge on any atom is 0.0772 e. The van der Waals surface area contributed by atoms with Crippen molar-refractivity contribution in [3.8, 4) is 0 Å². The summed E-state index contributed by atoms with van der Waals surface area (Å²) in [5, 5.41) is 9.62. The number of benzene rings is 1. The molecule has 2 rings (SSSR count). The van der Waals surface area contributed by atoms with Gasteiger partial charge in [0.25, 0.3) is 0 Å². The summed E-state index contributed by atoms with van der Waals surface area (Å²) < 4.78 is 0.932. The van der Waals surface area contributed by atoms with Crippen LogP contribution in [0.5, 0.6) is 0 Å². The highest BCUT2D eigenvalue weighted by molar-refractivity contribution is 9.10. The molecule has 1 N–H and O–H groups in total. The van der Waals surface area contributed by atoms with E-state index in [0.29, 0.717) is 0 Å². The molecular weight excluding hydrogens is 304 g/mol. The topological polar surface area (TPSA) is 36.4 Å². The lowest BCUT2D eigenvalue weighted by Crippen LogP contribution is -2.16. The summed E-state index contributed by atoms with van der Waals surface area (Å²) in [5.41, 5.74) is 3.22. The average molecular weight is 321 g/mol. The molecule has 0 saturated heterocycles. The van der Waals surface area contributed by atoms with Crippen LogP contribution in [-0.2, 0) is 6.54 Å². The van der Waals surface area contributed by atoms with Crippen LogP contribution >= 0.6 is 15.9 Å². The summed E-state index contributed by atoms with van der Waals surface area (Å²) in [5.74, 6) is 0. The van der Waals surface area contributed by atoms with Crippen LogP contribution in [0.2, 0.25) is 0 Å². The van der Waals surface area contributed by atoms with Crippen molar-refractivity contribution in [3.63, 3.8) is 0 Å². The first-order valence-corrected chi connectivity index (χ1v) is 6.95. The largest absolute Gasteiger partial charge is 0.389 e. The van der Waals surface area contributed by atoms with Gasteiger partial charge < -0.3 is 10.0 Å². The van der Waals surface area contributed by atoms with Crippen LogP contribution < -0.4 is 4.90 Å². The molecule has 0 aliphatic heterocycles. The van der Waals surface area contributed by atoms with Crippen molar-refractivity contribution < 1.29 is 5.11 Å². The zero-order valence-corrected chi connectivity index (χ0v) is 12.6. The minimum atomic E-state index is -0.464. The van der Waals surface area contributed by atoms with Crippen LogP contribution in [0.1, 0.15) is 24.2 Å². The van der Waals surface area contributed by atoms with E-state index >= 15 is 0 Å². The average Bonchev–Trinajstić information content (AvgIpc) is 2.39. The van der Waals surface area contributed by atoms with Gasteiger partial charge in [0.2, 0.25) is 0 Å². The van der Waals surface area contributed by atoms with Crippen LogP contribution in [0, 0.1) is 0 Å². The lowest BCUT2D eigenvalue weighted by Gasteiger charge is -2.21. The van der Waals surface area contributed by atoms with E-state index in [4.69, 9.17) is 0 Å². The lowest BCUT2D eigenvalue weighted by atomic mass is 10.1. The van der Waals surface area contributed by atoms with Crippen LogP contribution in [0.3, 0.4) is 0 Å². The molecule has 0 spiro atoms. The smallest absolute Gasteiger partial charge is 0.0772 e. The van der Waals surface area contributed by atoms with Crippen molar-refractivity contribution in [2.75, 3.05) is 11.9 Å². The number of anilines is 1. The van der Waals surface area contributed by atoms with E-state index < -0.39 is 6.10 Å². The molecular formula is C15H17BrN2O. The van der Waals surface area contributed by atoms with Crippen molar-refractivity contribution >= 4 is 21.6 Å². The molecule has 3 nitrogen and oxygen atoms in total. The molecule has 0 aliphatic rings. The van der Waals surface area contributed by atoms with E-state index in [1.165, 1.54) is 5.56 Å². The van der Waals surface area contributed by atoms with Gasteiger partial charge in [0.15, 0.2) is 0 Å². The Morgan fingerprint density at radius 3 is 2.53 bits per heavy atom. The van der Waals surface area contributed by atoms with Gasteiger partial charge in [-0.25, -0.2) is 0 Å². The Morgan fingerprint density at radius 1 is 1.26 bits per heavy atom. The van der Waals surface area contributed by atoms with Gasteiger partial charge in [-0.1, -0.05) is 22.0 Å². The Hall–Kier alpha value is -1.39. The molecule has 0 fully saturated rings. The molecule has 1 aromatic heterocycles. The third-order valence-electron chi connectivity index (χ3n) is 3.04. The number of hydrogen-bond acceptors (Lipinski definition) is 3. The zero-order chi connectivity index (χ0) is 13.8. The second kappa shape index (κ2) is 6.17. The number of rotatable bonds is 4. The Morgan fingerprint density at radius 2 is 1.95 bits per heavy atom. The summed E-state index contributed by atoms with van der Waals surface area (Å²) in [7, 11) is 2.05. The zero-order valence-electron chi connectivity index (χ0n) is 11.0. The Labute approximate surface area is 122 Å².